The summed E-state index contributed by atoms with van der Waals surface area (Å²) in [5.74, 6) is -2.42. The average molecular weight is 814 g/mol. The molecule has 0 aromatic heterocycles. The van der Waals surface area contributed by atoms with E-state index in [2.05, 4.69) is 26.7 Å². The minimum Gasteiger partial charge on any atom is -0.504 e. The summed E-state index contributed by atoms with van der Waals surface area (Å²) in [6.45, 7) is 3.97. The number of rotatable bonds is 14. The fourth-order valence-electron chi connectivity index (χ4n) is 6.93. The number of halogens is 4. The van der Waals surface area contributed by atoms with Crippen LogP contribution in [0.4, 0.5) is 24.5 Å². The molecule has 2 amide bonds. The molecule has 5 N–H and O–H groups in total. The molecule has 0 atom stereocenters. The number of anilines is 2. The topological polar surface area (TPSA) is 140 Å². The first-order valence-electron chi connectivity index (χ1n) is 18.3. The summed E-state index contributed by atoms with van der Waals surface area (Å²) in [5.41, 5.74) is 2.39. The Morgan fingerprint density at radius 1 is 0.857 bits per heavy atom. The third kappa shape index (κ3) is 10.1. The van der Waals surface area contributed by atoms with Crippen LogP contribution in [0.3, 0.4) is 0 Å². The molecule has 298 valence electrons. The van der Waals surface area contributed by atoms with E-state index < -0.39 is 29.1 Å². The van der Waals surface area contributed by atoms with Crippen molar-refractivity contribution >= 4 is 46.7 Å². The van der Waals surface area contributed by atoms with Gasteiger partial charge >= 0.3 is 6.18 Å². The van der Waals surface area contributed by atoms with E-state index >= 15 is 0 Å². The molecule has 56 heavy (non-hydrogen) atoms. The number of carbonyl (C=O) groups excluding carboxylic acids is 2. The second-order valence-corrected chi connectivity index (χ2v) is 15.3. The van der Waals surface area contributed by atoms with E-state index in [0.29, 0.717) is 69.8 Å². The van der Waals surface area contributed by atoms with Crippen molar-refractivity contribution in [3.8, 4) is 23.0 Å². The monoisotopic (exact) mass is 813 g/mol. The van der Waals surface area contributed by atoms with E-state index in [4.69, 9.17) is 11.6 Å². The number of alkyl halides is 3. The molecule has 2 heterocycles. The molecular formula is C40H43ClF3N5O6S. The second-order valence-electron chi connectivity index (χ2n) is 13.7. The Hall–Kier alpha value is -4.99. The lowest BCUT2D eigenvalue weighted by atomic mass is 10.1. The van der Waals surface area contributed by atoms with Crippen LogP contribution in [0, 0.1) is 0 Å². The summed E-state index contributed by atoms with van der Waals surface area (Å²) in [6.07, 6.45) is -2.20. The smallest absolute Gasteiger partial charge is 0.416 e. The van der Waals surface area contributed by atoms with Gasteiger partial charge in [0.1, 0.15) is 0 Å². The number of carbonyl (C=O) groups is 2. The predicted molar refractivity (Wildman–Crippen MR) is 210 cm³/mol. The van der Waals surface area contributed by atoms with E-state index in [1.165, 1.54) is 34.7 Å². The van der Waals surface area contributed by atoms with Gasteiger partial charge in [-0.15, -0.1) is 0 Å². The summed E-state index contributed by atoms with van der Waals surface area (Å²) in [5, 5.41) is 43.2. The third-order valence-electron chi connectivity index (χ3n) is 9.88. The summed E-state index contributed by atoms with van der Waals surface area (Å²) in [6, 6.07) is 18.7. The fourth-order valence-corrected chi connectivity index (χ4v) is 8.12. The standard InChI is InChI=1S/C40H43ClF3N5O6S/c41-29-22-28(40(42,43)44)23-30(24-29)46-17-19-49(20-18-46)56-31-10-11-33-27(21-31)12-15-47(33)16-13-45-36(52)25-48(39(55)32-7-4-9-35(51)38(32)54)14-2-1-5-26-6-3-8-34(50)37(26)53/h3-4,6-11,21-24,50-51,53-54H,1-2,5,12-20,25H2,(H,45,52). The maximum atomic E-state index is 13.5. The van der Waals surface area contributed by atoms with Crippen molar-refractivity contribution in [2.75, 3.05) is 68.7 Å². The minimum absolute atomic E-state index is 0.0566. The first kappa shape index (κ1) is 40.7. The Morgan fingerprint density at radius 2 is 1.59 bits per heavy atom. The number of aryl methyl sites for hydroxylation is 1. The highest BCUT2D eigenvalue weighted by Gasteiger charge is 2.32. The maximum absolute atomic E-state index is 13.5. The quantitative estimate of drug-likeness (QED) is 0.0534. The molecular weight excluding hydrogens is 771 g/mol. The number of nitrogens with zero attached hydrogens (tertiary/aromatic N) is 4. The number of hydrogen-bond donors (Lipinski definition) is 5. The average Bonchev–Trinajstić information content (AvgIpc) is 3.57. The van der Waals surface area contributed by atoms with Crippen LogP contribution in [0.2, 0.25) is 5.02 Å². The molecule has 11 nitrogen and oxygen atoms in total. The second kappa shape index (κ2) is 17.9. The van der Waals surface area contributed by atoms with Crippen LogP contribution >= 0.6 is 23.5 Å². The van der Waals surface area contributed by atoms with Crippen molar-refractivity contribution in [3.63, 3.8) is 0 Å². The molecule has 0 radical (unpaired) electrons. The van der Waals surface area contributed by atoms with Crippen LogP contribution in [0.25, 0.3) is 0 Å². The summed E-state index contributed by atoms with van der Waals surface area (Å²) in [4.78, 5) is 33.1. The summed E-state index contributed by atoms with van der Waals surface area (Å²) in [7, 11) is 0. The molecule has 0 unspecified atom stereocenters. The predicted octanol–water partition coefficient (Wildman–Crippen LogP) is 6.65. The zero-order valence-corrected chi connectivity index (χ0v) is 32.0. The van der Waals surface area contributed by atoms with Crippen molar-refractivity contribution in [3.05, 3.63) is 100 Å². The normalized spacial score (nSPS) is 14.5. The number of benzene rings is 4. The van der Waals surface area contributed by atoms with Gasteiger partial charge in [-0.2, -0.15) is 13.2 Å². The van der Waals surface area contributed by atoms with Gasteiger partial charge in [-0.1, -0.05) is 29.8 Å². The number of amides is 2. The maximum Gasteiger partial charge on any atom is 0.416 e. The minimum atomic E-state index is -4.47. The summed E-state index contributed by atoms with van der Waals surface area (Å²) < 4.78 is 42.2. The van der Waals surface area contributed by atoms with Gasteiger partial charge in [0.2, 0.25) is 5.91 Å². The molecule has 1 saturated heterocycles. The highest BCUT2D eigenvalue weighted by Crippen LogP contribution is 2.37. The van der Waals surface area contributed by atoms with Crippen molar-refractivity contribution in [2.45, 2.75) is 36.8 Å². The Bertz CT molecular complexity index is 2050. The van der Waals surface area contributed by atoms with Crippen LogP contribution in [0.15, 0.2) is 77.7 Å². The molecule has 2 aliphatic heterocycles. The van der Waals surface area contributed by atoms with Crippen molar-refractivity contribution in [1.29, 1.82) is 0 Å². The molecule has 0 spiro atoms. The van der Waals surface area contributed by atoms with E-state index in [1.807, 2.05) is 11.0 Å². The Kier molecular flexibility index (Phi) is 13.0. The number of phenolic OH excluding ortho intramolecular Hbond substituents is 4. The molecule has 1 fully saturated rings. The summed E-state index contributed by atoms with van der Waals surface area (Å²) >= 11 is 7.63. The van der Waals surface area contributed by atoms with Gasteiger partial charge in [-0.3, -0.25) is 9.59 Å². The zero-order valence-electron chi connectivity index (χ0n) is 30.4. The molecule has 4 aromatic rings. The van der Waals surface area contributed by atoms with Crippen molar-refractivity contribution in [2.24, 2.45) is 0 Å². The lowest BCUT2D eigenvalue weighted by Gasteiger charge is -2.35. The Morgan fingerprint density at radius 3 is 2.34 bits per heavy atom. The SMILES string of the molecule is O=C(CN(CCCCc1cccc(O)c1O)C(=O)c1cccc(O)c1O)NCCN1CCc2cc(SN3CCN(c4cc(Cl)cc(C(F)(F)F)c4)CC3)ccc21. The lowest BCUT2D eigenvalue weighted by molar-refractivity contribution is -0.137. The Labute approximate surface area is 332 Å². The molecule has 4 aromatic carbocycles. The number of unbranched alkanes of at least 4 members (excludes halogenated alkanes) is 1. The van der Waals surface area contributed by atoms with Crippen LogP contribution in [-0.4, -0.2) is 100 Å². The number of aromatic hydroxyl groups is 4. The number of para-hydroxylation sites is 2. The Balaban J connectivity index is 0.986. The van der Waals surface area contributed by atoms with Gasteiger partial charge < -0.3 is 40.4 Å². The van der Waals surface area contributed by atoms with Gasteiger partial charge in [0.05, 0.1) is 17.7 Å². The van der Waals surface area contributed by atoms with E-state index in [1.54, 1.807) is 30.1 Å². The van der Waals surface area contributed by atoms with Gasteiger partial charge in [0.25, 0.3) is 5.91 Å². The number of nitrogens with one attached hydrogen (secondary N) is 1. The van der Waals surface area contributed by atoms with Gasteiger partial charge in [0, 0.05) is 73.7 Å². The van der Waals surface area contributed by atoms with Gasteiger partial charge in [0.15, 0.2) is 23.0 Å². The molecule has 2 aliphatic rings. The van der Waals surface area contributed by atoms with E-state index in [9.17, 15) is 43.2 Å². The molecule has 0 saturated carbocycles. The van der Waals surface area contributed by atoms with Crippen molar-refractivity contribution < 1.29 is 43.2 Å². The third-order valence-corrected chi connectivity index (χ3v) is 11.2. The van der Waals surface area contributed by atoms with Crippen molar-refractivity contribution in [1.82, 2.24) is 14.5 Å². The largest absolute Gasteiger partial charge is 0.504 e. The lowest BCUT2D eigenvalue weighted by Crippen LogP contribution is -2.43. The van der Waals surface area contributed by atoms with Gasteiger partial charge in [-0.05, 0) is 103 Å². The first-order valence-corrected chi connectivity index (χ1v) is 19.4. The van der Waals surface area contributed by atoms with E-state index in [0.717, 1.165) is 35.7 Å². The fraction of sp³-hybridized carbons (Fsp3) is 0.350. The van der Waals surface area contributed by atoms with Crippen LogP contribution in [0.1, 0.15) is 39.9 Å². The van der Waals surface area contributed by atoms with Gasteiger partial charge in [-0.25, -0.2) is 4.31 Å². The number of fused-ring (bicyclic) bond motifs is 1. The molecule has 0 aliphatic carbocycles. The highest BCUT2D eigenvalue weighted by atomic mass is 35.5. The van der Waals surface area contributed by atoms with E-state index in [-0.39, 0.29) is 41.1 Å². The number of hydrogen-bond acceptors (Lipinski definition) is 10. The zero-order chi connectivity index (χ0) is 40.0. The highest BCUT2D eigenvalue weighted by molar-refractivity contribution is 7.97. The molecule has 0 bridgehead atoms. The molecule has 16 heteroatoms. The molecule has 6 rings (SSSR count). The van der Waals surface area contributed by atoms with Crippen LogP contribution in [0.5, 0.6) is 23.0 Å². The van der Waals surface area contributed by atoms with Crippen LogP contribution < -0.4 is 15.1 Å². The first-order chi connectivity index (χ1) is 26.8. The van der Waals surface area contributed by atoms with Crippen LogP contribution in [-0.2, 0) is 23.8 Å². The number of phenols is 4. The number of piperazine rings is 1.